The molecular weight excluding hydrogens is 477 g/mol. The SMILES string of the molecule is CCCCCCCCCCCCCCCCCCOCC(O)COP(=O)(O)OCC[N+]1(C)CCCC1. The minimum absolute atomic E-state index is 0.105. The molecule has 0 radical (unpaired) electrons. The van der Waals surface area contributed by atoms with Crippen molar-refractivity contribution in [2.24, 2.45) is 0 Å². The number of hydrogen-bond donors (Lipinski definition) is 2. The first-order valence-electron chi connectivity index (χ1n) is 15.1. The summed E-state index contributed by atoms with van der Waals surface area (Å²) in [4.78, 5) is 9.80. The molecule has 36 heavy (non-hydrogen) atoms. The van der Waals surface area contributed by atoms with Gasteiger partial charge < -0.3 is 19.2 Å². The van der Waals surface area contributed by atoms with Crippen LogP contribution in [0.5, 0.6) is 0 Å². The van der Waals surface area contributed by atoms with E-state index in [1.807, 2.05) is 0 Å². The highest BCUT2D eigenvalue weighted by Gasteiger charge is 2.29. The second kappa shape index (κ2) is 21.9. The van der Waals surface area contributed by atoms with Crippen molar-refractivity contribution in [1.82, 2.24) is 0 Å². The topological polar surface area (TPSA) is 85.2 Å². The standard InChI is InChI=1S/C28H58NO6P/c1-3-4-5-6-7-8-9-10-11-12-13-14-15-16-17-20-24-33-26-28(30)27-35-36(31,32)34-25-23-29(2)21-18-19-22-29/h28,30H,3-27H2,1-2H3/p+1. The average Bonchev–Trinajstić information content (AvgIpc) is 3.28. The van der Waals surface area contributed by atoms with Gasteiger partial charge in [-0.3, -0.25) is 9.05 Å². The largest absolute Gasteiger partial charge is 0.472 e. The van der Waals surface area contributed by atoms with Crippen molar-refractivity contribution in [1.29, 1.82) is 0 Å². The van der Waals surface area contributed by atoms with Gasteiger partial charge in [0.2, 0.25) is 0 Å². The predicted octanol–water partition coefficient (Wildman–Crippen LogP) is 7.00. The first-order valence-corrected chi connectivity index (χ1v) is 16.6. The number of unbranched alkanes of at least 4 members (excludes halogenated alkanes) is 15. The van der Waals surface area contributed by atoms with Gasteiger partial charge in [-0.15, -0.1) is 0 Å². The molecular formula is C28H59NO6P+. The monoisotopic (exact) mass is 536 g/mol. The molecule has 7 nitrogen and oxygen atoms in total. The number of phosphoric acid groups is 1. The molecule has 0 spiro atoms. The minimum atomic E-state index is -4.14. The van der Waals surface area contributed by atoms with Gasteiger partial charge in [0.05, 0.1) is 33.4 Å². The van der Waals surface area contributed by atoms with Gasteiger partial charge in [0, 0.05) is 19.4 Å². The average molecular weight is 537 g/mol. The third-order valence-electron chi connectivity index (χ3n) is 7.41. The molecule has 0 bridgehead atoms. The van der Waals surface area contributed by atoms with E-state index in [1.54, 1.807) is 0 Å². The quantitative estimate of drug-likeness (QED) is 0.0703. The number of likely N-dealkylation sites (N-methyl/N-ethyl adjacent to an activating group) is 1. The van der Waals surface area contributed by atoms with Crippen LogP contribution in [0.25, 0.3) is 0 Å². The van der Waals surface area contributed by atoms with Crippen LogP contribution in [0.1, 0.15) is 122 Å². The summed E-state index contributed by atoms with van der Waals surface area (Å²) in [7, 11) is -2.00. The Labute approximate surface area is 222 Å². The number of aliphatic hydroxyl groups excluding tert-OH is 1. The summed E-state index contributed by atoms with van der Waals surface area (Å²) in [6, 6.07) is 0. The lowest BCUT2D eigenvalue weighted by Gasteiger charge is -2.29. The molecule has 1 aliphatic heterocycles. The molecule has 1 saturated heterocycles. The molecule has 0 amide bonds. The van der Waals surface area contributed by atoms with E-state index in [0.29, 0.717) is 13.2 Å². The fourth-order valence-corrected chi connectivity index (χ4v) is 5.68. The lowest BCUT2D eigenvalue weighted by atomic mass is 10.0. The highest BCUT2D eigenvalue weighted by molar-refractivity contribution is 7.47. The molecule has 0 aromatic heterocycles. The molecule has 2 atom stereocenters. The molecule has 0 saturated carbocycles. The minimum Gasteiger partial charge on any atom is -0.388 e. The van der Waals surface area contributed by atoms with Crippen molar-refractivity contribution in [3.8, 4) is 0 Å². The Morgan fingerprint density at radius 1 is 0.722 bits per heavy atom. The van der Waals surface area contributed by atoms with E-state index in [1.165, 1.54) is 103 Å². The first kappa shape index (κ1) is 34.0. The molecule has 0 aromatic rings. The zero-order chi connectivity index (χ0) is 26.4. The highest BCUT2D eigenvalue weighted by atomic mass is 31.2. The van der Waals surface area contributed by atoms with Crippen molar-refractivity contribution in [2.75, 3.05) is 53.1 Å². The van der Waals surface area contributed by atoms with E-state index in [9.17, 15) is 14.6 Å². The van der Waals surface area contributed by atoms with Gasteiger partial charge in [-0.25, -0.2) is 4.57 Å². The summed E-state index contributed by atoms with van der Waals surface area (Å²) in [6.07, 6.45) is 22.8. The molecule has 216 valence electrons. The fourth-order valence-electron chi connectivity index (χ4n) is 4.94. The van der Waals surface area contributed by atoms with Crippen LogP contribution in [-0.4, -0.2) is 73.7 Å². The molecule has 0 aromatic carbocycles. The van der Waals surface area contributed by atoms with E-state index >= 15 is 0 Å². The molecule has 1 heterocycles. The maximum Gasteiger partial charge on any atom is 0.472 e. The molecule has 2 N–H and O–H groups in total. The van der Waals surface area contributed by atoms with Crippen LogP contribution < -0.4 is 0 Å². The number of nitrogens with zero attached hydrogens (tertiary/aromatic N) is 1. The molecule has 1 fully saturated rings. The zero-order valence-electron chi connectivity index (χ0n) is 23.7. The molecule has 2 unspecified atom stereocenters. The van der Waals surface area contributed by atoms with Crippen molar-refractivity contribution in [3.63, 3.8) is 0 Å². The van der Waals surface area contributed by atoms with Gasteiger partial charge in [0.25, 0.3) is 0 Å². The normalized spacial score (nSPS) is 17.9. The zero-order valence-corrected chi connectivity index (χ0v) is 24.6. The first-order chi connectivity index (χ1) is 17.4. The third-order valence-corrected chi connectivity index (χ3v) is 8.40. The summed E-state index contributed by atoms with van der Waals surface area (Å²) < 4.78 is 28.4. The van der Waals surface area contributed by atoms with Crippen molar-refractivity contribution >= 4 is 7.82 Å². The Bertz CT molecular complexity index is 544. The van der Waals surface area contributed by atoms with E-state index in [-0.39, 0.29) is 19.8 Å². The van der Waals surface area contributed by atoms with Crippen LogP contribution >= 0.6 is 7.82 Å². The summed E-state index contributed by atoms with van der Waals surface area (Å²) in [5, 5.41) is 9.95. The Balaban J connectivity index is 1.82. The smallest absolute Gasteiger partial charge is 0.388 e. The summed E-state index contributed by atoms with van der Waals surface area (Å²) >= 11 is 0. The Morgan fingerprint density at radius 2 is 1.19 bits per heavy atom. The van der Waals surface area contributed by atoms with Gasteiger partial charge >= 0.3 is 7.82 Å². The maximum absolute atomic E-state index is 12.0. The molecule has 0 aliphatic carbocycles. The van der Waals surface area contributed by atoms with E-state index in [2.05, 4.69) is 14.0 Å². The van der Waals surface area contributed by atoms with Crippen LogP contribution in [0.2, 0.25) is 0 Å². The molecule has 1 rings (SSSR count). The van der Waals surface area contributed by atoms with E-state index < -0.39 is 13.9 Å². The number of likely N-dealkylation sites (tertiary alicyclic amines) is 1. The van der Waals surface area contributed by atoms with Crippen LogP contribution in [0, 0.1) is 0 Å². The lowest BCUT2D eigenvalue weighted by Crippen LogP contribution is -2.43. The van der Waals surface area contributed by atoms with Gasteiger partial charge in [-0.1, -0.05) is 103 Å². The van der Waals surface area contributed by atoms with Crippen molar-refractivity contribution in [3.05, 3.63) is 0 Å². The number of phosphoric ester groups is 1. The van der Waals surface area contributed by atoms with Crippen LogP contribution in [-0.2, 0) is 18.3 Å². The third kappa shape index (κ3) is 20.0. The van der Waals surface area contributed by atoms with E-state index in [0.717, 1.165) is 30.4 Å². The van der Waals surface area contributed by atoms with Crippen molar-refractivity contribution in [2.45, 2.75) is 129 Å². The summed E-state index contributed by atoms with van der Waals surface area (Å²) in [6.45, 7) is 5.74. The summed E-state index contributed by atoms with van der Waals surface area (Å²) in [5.41, 5.74) is 0. The van der Waals surface area contributed by atoms with Crippen molar-refractivity contribution < 1.29 is 32.8 Å². The van der Waals surface area contributed by atoms with Crippen LogP contribution in [0.3, 0.4) is 0 Å². The highest BCUT2D eigenvalue weighted by Crippen LogP contribution is 2.43. The lowest BCUT2D eigenvalue weighted by molar-refractivity contribution is -0.897. The number of quaternary nitrogens is 1. The van der Waals surface area contributed by atoms with Gasteiger partial charge in [-0.2, -0.15) is 0 Å². The number of hydrogen-bond acceptors (Lipinski definition) is 5. The number of rotatable bonds is 26. The molecule has 1 aliphatic rings. The van der Waals surface area contributed by atoms with Gasteiger partial charge in [-0.05, 0) is 6.42 Å². The second-order valence-corrected chi connectivity index (χ2v) is 12.6. The maximum atomic E-state index is 12.0. The van der Waals surface area contributed by atoms with Crippen LogP contribution in [0.15, 0.2) is 0 Å². The predicted molar refractivity (Wildman–Crippen MR) is 148 cm³/mol. The van der Waals surface area contributed by atoms with Gasteiger partial charge in [0.15, 0.2) is 0 Å². The van der Waals surface area contributed by atoms with Crippen LogP contribution in [0.4, 0.5) is 0 Å². The summed E-state index contributed by atoms with van der Waals surface area (Å²) in [5.74, 6) is 0. The second-order valence-electron chi connectivity index (χ2n) is 11.1. The van der Waals surface area contributed by atoms with E-state index in [4.69, 9.17) is 13.8 Å². The Kier molecular flexibility index (Phi) is 20.7. The molecule has 8 heteroatoms. The Morgan fingerprint density at radius 3 is 1.69 bits per heavy atom. The Hall–Kier alpha value is -0.0100. The van der Waals surface area contributed by atoms with Gasteiger partial charge in [0.1, 0.15) is 19.3 Å². The number of ether oxygens (including phenoxy) is 1. The number of aliphatic hydroxyl groups is 1. The fraction of sp³-hybridized carbons (Fsp3) is 1.00.